The summed E-state index contributed by atoms with van der Waals surface area (Å²) in [6.07, 6.45) is 0. The second-order valence-electron chi connectivity index (χ2n) is 3.66. The first-order chi connectivity index (χ1) is 9.02. The third kappa shape index (κ3) is 5.35. The minimum absolute atomic E-state index is 0.152. The number of carboxylic acid groups (broad SMARTS) is 1. The van der Waals surface area contributed by atoms with Crippen LogP contribution in [0, 0.1) is 5.82 Å². The molecule has 104 valence electrons. The van der Waals surface area contributed by atoms with Crippen LogP contribution in [-0.2, 0) is 14.3 Å². The standard InChI is InChI=1S/C12H14FNO5/c1-18-6-10(12(16)17)14-11(15)7-19-9-4-2-3-8(13)5-9/h2-5,10H,6-7H2,1H3,(H,14,15)(H,16,17). The van der Waals surface area contributed by atoms with Crippen LogP contribution in [0.4, 0.5) is 4.39 Å². The summed E-state index contributed by atoms with van der Waals surface area (Å²) in [4.78, 5) is 22.2. The molecule has 0 aliphatic rings. The van der Waals surface area contributed by atoms with Crippen molar-refractivity contribution in [3.63, 3.8) is 0 Å². The number of methoxy groups -OCH3 is 1. The molecule has 0 heterocycles. The van der Waals surface area contributed by atoms with E-state index in [-0.39, 0.29) is 12.4 Å². The molecule has 1 unspecified atom stereocenters. The Labute approximate surface area is 109 Å². The molecule has 6 nitrogen and oxygen atoms in total. The zero-order chi connectivity index (χ0) is 14.3. The number of amides is 1. The van der Waals surface area contributed by atoms with Gasteiger partial charge >= 0.3 is 5.97 Å². The van der Waals surface area contributed by atoms with Crippen molar-refractivity contribution < 1.29 is 28.6 Å². The molecule has 7 heteroatoms. The van der Waals surface area contributed by atoms with Crippen molar-refractivity contribution in [3.05, 3.63) is 30.1 Å². The number of rotatable bonds is 7. The van der Waals surface area contributed by atoms with Crippen LogP contribution < -0.4 is 10.1 Å². The van der Waals surface area contributed by atoms with E-state index in [1.54, 1.807) is 0 Å². The number of carbonyl (C=O) groups is 2. The average molecular weight is 271 g/mol. The maximum Gasteiger partial charge on any atom is 0.328 e. The Balaban J connectivity index is 2.44. The van der Waals surface area contributed by atoms with Gasteiger partial charge in [0, 0.05) is 13.2 Å². The molecule has 1 rings (SSSR count). The molecule has 19 heavy (non-hydrogen) atoms. The van der Waals surface area contributed by atoms with E-state index in [1.165, 1.54) is 25.3 Å². The van der Waals surface area contributed by atoms with Crippen LogP contribution in [0.25, 0.3) is 0 Å². The molecule has 0 radical (unpaired) electrons. The van der Waals surface area contributed by atoms with Crippen molar-refractivity contribution in [2.24, 2.45) is 0 Å². The average Bonchev–Trinajstić information content (AvgIpc) is 2.36. The Morgan fingerprint density at radius 3 is 2.79 bits per heavy atom. The van der Waals surface area contributed by atoms with Gasteiger partial charge in [0.15, 0.2) is 12.6 Å². The van der Waals surface area contributed by atoms with Crippen molar-refractivity contribution in [3.8, 4) is 5.75 Å². The summed E-state index contributed by atoms with van der Waals surface area (Å²) in [6, 6.07) is 4.14. The second kappa shape index (κ2) is 7.32. The lowest BCUT2D eigenvalue weighted by molar-refractivity contribution is -0.143. The molecule has 0 aliphatic carbocycles. The lowest BCUT2D eigenvalue weighted by Crippen LogP contribution is -2.45. The number of halogens is 1. The fourth-order valence-electron chi connectivity index (χ4n) is 1.28. The van der Waals surface area contributed by atoms with Crippen LogP contribution in [0.5, 0.6) is 5.75 Å². The van der Waals surface area contributed by atoms with E-state index >= 15 is 0 Å². The zero-order valence-electron chi connectivity index (χ0n) is 10.3. The molecule has 0 saturated heterocycles. The third-order valence-corrected chi connectivity index (χ3v) is 2.13. The van der Waals surface area contributed by atoms with Gasteiger partial charge in [-0.25, -0.2) is 9.18 Å². The van der Waals surface area contributed by atoms with Crippen molar-refractivity contribution in [1.82, 2.24) is 5.32 Å². The summed E-state index contributed by atoms with van der Waals surface area (Å²) in [5, 5.41) is 11.0. The van der Waals surface area contributed by atoms with Crippen molar-refractivity contribution in [2.75, 3.05) is 20.3 Å². The van der Waals surface area contributed by atoms with E-state index in [4.69, 9.17) is 9.84 Å². The lowest BCUT2D eigenvalue weighted by atomic mass is 10.3. The summed E-state index contributed by atoms with van der Waals surface area (Å²) >= 11 is 0. The molecule has 0 fully saturated rings. The molecule has 2 N–H and O–H groups in total. The molecule has 1 amide bonds. The minimum Gasteiger partial charge on any atom is -0.484 e. The Morgan fingerprint density at radius 2 is 2.21 bits per heavy atom. The highest BCUT2D eigenvalue weighted by Crippen LogP contribution is 2.11. The number of carboxylic acids is 1. The molecule has 0 spiro atoms. The first-order valence-electron chi connectivity index (χ1n) is 5.42. The van der Waals surface area contributed by atoms with Crippen LogP contribution >= 0.6 is 0 Å². The van der Waals surface area contributed by atoms with E-state index in [0.717, 1.165) is 6.07 Å². The molecule has 1 aromatic rings. The van der Waals surface area contributed by atoms with Gasteiger partial charge in [-0.1, -0.05) is 6.07 Å². The summed E-state index contributed by atoms with van der Waals surface area (Å²) in [6.45, 7) is -0.558. The van der Waals surface area contributed by atoms with Gasteiger partial charge in [0.05, 0.1) is 6.61 Å². The van der Waals surface area contributed by atoms with Gasteiger partial charge in [-0.15, -0.1) is 0 Å². The van der Waals surface area contributed by atoms with Crippen LogP contribution in [0.1, 0.15) is 0 Å². The van der Waals surface area contributed by atoms with E-state index in [1.807, 2.05) is 0 Å². The van der Waals surface area contributed by atoms with Crippen LogP contribution in [0.2, 0.25) is 0 Å². The summed E-state index contributed by atoms with van der Waals surface area (Å²) in [7, 11) is 1.32. The fraction of sp³-hybridized carbons (Fsp3) is 0.333. The first-order valence-corrected chi connectivity index (χ1v) is 5.42. The van der Waals surface area contributed by atoms with Crippen molar-refractivity contribution >= 4 is 11.9 Å². The van der Waals surface area contributed by atoms with Gasteiger partial charge in [-0.3, -0.25) is 4.79 Å². The van der Waals surface area contributed by atoms with Crippen LogP contribution in [0.15, 0.2) is 24.3 Å². The fourth-order valence-corrected chi connectivity index (χ4v) is 1.28. The summed E-state index contributed by atoms with van der Waals surface area (Å²) < 4.78 is 22.5. The molecule has 1 atom stereocenters. The Hall–Kier alpha value is -2.15. The lowest BCUT2D eigenvalue weighted by Gasteiger charge is -2.13. The van der Waals surface area contributed by atoms with E-state index in [9.17, 15) is 14.0 Å². The number of benzene rings is 1. The molecular formula is C12H14FNO5. The number of nitrogens with one attached hydrogen (secondary N) is 1. The summed E-state index contributed by atoms with van der Waals surface area (Å²) in [5.41, 5.74) is 0. The highest BCUT2D eigenvalue weighted by atomic mass is 19.1. The Kier molecular flexibility index (Phi) is 5.74. The predicted molar refractivity (Wildman–Crippen MR) is 63.3 cm³/mol. The topological polar surface area (TPSA) is 84.9 Å². The van der Waals surface area contributed by atoms with Gasteiger partial charge in [0.1, 0.15) is 11.6 Å². The maximum atomic E-state index is 12.8. The smallest absolute Gasteiger partial charge is 0.328 e. The normalized spacial score (nSPS) is 11.7. The number of hydrogen-bond donors (Lipinski definition) is 2. The predicted octanol–water partition coefficient (Wildman–Crippen LogP) is 0.420. The molecule has 0 saturated carbocycles. The van der Waals surface area contributed by atoms with Gasteiger partial charge in [0.2, 0.25) is 0 Å². The van der Waals surface area contributed by atoms with Crippen LogP contribution in [0.3, 0.4) is 0 Å². The van der Waals surface area contributed by atoms with Crippen LogP contribution in [-0.4, -0.2) is 43.3 Å². The molecule has 0 aromatic heterocycles. The van der Waals surface area contributed by atoms with Crippen molar-refractivity contribution in [2.45, 2.75) is 6.04 Å². The molecule has 0 aliphatic heterocycles. The highest BCUT2D eigenvalue weighted by molar-refractivity contribution is 5.84. The van der Waals surface area contributed by atoms with Gasteiger partial charge in [0.25, 0.3) is 5.91 Å². The second-order valence-corrected chi connectivity index (χ2v) is 3.66. The zero-order valence-corrected chi connectivity index (χ0v) is 10.3. The SMILES string of the molecule is COCC(NC(=O)COc1cccc(F)c1)C(=O)O. The summed E-state index contributed by atoms with van der Waals surface area (Å²) in [5.74, 6) is -2.14. The monoisotopic (exact) mass is 271 g/mol. The van der Waals surface area contributed by atoms with Gasteiger partial charge in [-0.05, 0) is 12.1 Å². The Bertz CT molecular complexity index is 452. The van der Waals surface area contributed by atoms with Gasteiger partial charge in [-0.2, -0.15) is 0 Å². The largest absolute Gasteiger partial charge is 0.484 e. The molecule has 0 bridgehead atoms. The van der Waals surface area contributed by atoms with Gasteiger partial charge < -0.3 is 19.9 Å². The molecule has 1 aromatic carbocycles. The number of carbonyl (C=O) groups excluding carboxylic acids is 1. The third-order valence-electron chi connectivity index (χ3n) is 2.13. The maximum absolute atomic E-state index is 12.8. The highest BCUT2D eigenvalue weighted by Gasteiger charge is 2.19. The number of hydrogen-bond acceptors (Lipinski definition) is 4. The van der Waals surface area contributed by atoms with E-state index in [2.05, 4.69) is 10.1 Å². The Morgan fingerprint density at radius 1 is 1.47 bits per heavy atom. The minimum atomic E-state index is -1.21. The first kappa shape index (κ1) is 14.9. The van der Waals surface area contributed by atoms with E-state index in [0.29, 0.717) is 0 Å². The van der Waals surface area contributed by atoms with E-state index < -0.39 is 30.3 Å². The number of ether oxygens (including phenoxy) is 2. The number of aliphatic carboxylic acids is 1. The molecular weight excluding hydrogens is 257 g/mol. The van der Waals surface area contributed by atoms with Crippen molar-refractivity contribution in [1.29, 1.82) is 0 Å². The quantitative estimate of drug-likeness (QED) is 0.750.